The molecule has 0 spiro atoms. The molecule has 9 nitrogen and oxygen atoms in total. The third-order valence-corrected chi connectivity index (χ3v) is 3.40. The van der Waals surface area contributed by atoms with Crippen molar-refractivity contribution in [2.24, 2.45) is 5.10 Å². The number of carbonyl (C=O) groups is 2. The van der Waals surface area contributed by atoms with Crippen LogP contribution in [0, 0.1) is 0 Å². The molecule has 0 aliphatic carbocycles. The topological polar surface area (TPSA) is 134 Å². The Bertz CT molecular complexity index is 734. The van der Waals surface area contributed by atoms with Crippen LogP contribution < -0.4 is 35.0 Å². The van der Waals surface area contributed by atoms with Gasteiger partial charge in [-0.15, -0.1) is 0 Å². The van der Waals surface area contributed by atoms with Crippen LogP contribution in [0.1, 0.15) is 20.3 Å². The molecule has 1 aromatic rings. The maximum absolute atomic E-state index is 11.8. The molecule has 0 bridgehead atoms. The molecule has 11 heteroatoms. The standard InChI is InChI=1S/C14H18N2O7S.Na/c1-3-22-13(17)9-12(14(18)23-4-2)16-15-10-6-5-7-11(8-10)24(19,20)21;/h5-8,15H,3-4,9H2,1-2H3,(H,19,20,21);/q;+1/p-1/b16-12+;. The number of hydrogen-bond donors (Lipinski definition) is 1. The van der Waals surface area contributed by atoms with Crippen molar-refractivity contribution in [2.45, 2.75) is 25.2 Å². The van der Waals surface area contributed by atoms with Crippen LogP contribution in [-0.4, -0.2) is 43.8 Å². The second-order valence-corrected chi connectivity index (χ2v) is 5.73. The van der Waals surface area contributed by atoms with Crippen molar-refractivity contribution >= 4 is 33.5 Å². The van der Waals surface area contributed by atoms with E-state index in [1.807, 2.05) is 0 Å². The summed E-state index contributed by atoms with van der Waals surface area (Å²) in [6.07, 6.45) is -0.417. The molecule has 0 saturated heterocycles. The van der Waals surface area contributed by atoms with Crippen LogP contribution in [0.15, 0.2) is 34.3 Å². The van der Waals surface area contributed by atoms with E-state index in [1.54, 1.807) is 13.8 Å². The summed E-state index contributed by atoms with van der Waals surface area (Å²) in [7, 11) is -4.62. The normalized spacial score (nSPS) is 11.2. The maximum Gasteiger partial charge on any atom is 1.00 e. The predicted molar refractivity (Wildman–Crippen MR) is 83.3 cm³/mol. The van der Waals surface area contributed by atoms with E-state index in [-0.39, 0.29) is 54.2 Å². The number of nitrogens with one attached hydrogen (secondary N) is 1. The van der Waals surface area contributed by atoms with Crippen LogP contribution in [0.3, 0.4) is 0 Å². The number of benzene rings is 1. The van der Waals surface area contributed by atoms with E-state index in [4.69, 9.17) is 9.47 Å². The van der Waals surface area contributed by atoms with Gasteiger partial charge < -0.3 is 14.0 Å². The number of carbonyl (C=O) groups excluding carboxylic acids is 2. The van der Waals surface area contributed by atoms with Gasteiger partial charge in [0.15, 0.2) is 5.71 Å². The van der Waals surface area contributed by atoms with E-state index < -0.39 is 33.4 Å². The molecule has 0 radical (unpaired) electrons. The van der Waals surface area contributed by atoms with Crippen LogP contribution in [0.5, 0.6) is 0 Å². The minimum absolute atomic E-state index is 0. The summed E-state index contributed by atoms with van der Waals surface area (Å²) in [6.45, 7) is 3.44. The Morgan fingerprint density at radius 2 is 1.84 bits per heavy atom. The zero-order valence-corrected chi connectivity index (χ0v) is 17.0. The molecule has 0 aliphatic heterocycles. The SMILES string of the molecule is CCOC(=O)C/C(=N\Nc1cccc(S(=O)(=O)[O-])c1)C(=O)OCC.[Na+]. The molecular formula is C14H17N2NaO7S. The molecule has 1 N–H and O–H groups in total. The number of anilines is 1. The van der Waals surface area contributed by atoms with Crippen LogP contribution in [0.4, 0.5) is 5.69 Å². The first kappa shape index (κ1) is 23.5. The first-order valence-corrected chi connectivity index (χ1v) is 8.40. The second-order valence-electron chi connectivity index (χ2n) is 4.35. The first-order valence-electron chi connectivity index (χ1n) is 6.99. The Morgan fingerprint density at radius 1 is 1.20 bits per heavy atom. The summed E-state index contributed by atoms with van der Waals surface area (Å²) >= 11 is 0. The molecular weight excluding hydrogens is 363 g/mol. The van der Waals surface area contributed by atoms with Gasteiger partial charge in [0, 0.05) is 0 Å². The molecule has 0 aliphatic rings. The van der Waals surface area contributed by atoms with Gasteiger partial charge >= 0.3 is 41.5 Å². The molecule has 0 atom stereocenters. The fourth-order valence-corrected chi connectivity index (χ4v) is 2.09. The molecule has 132 valence electrons. The Hall–Kier alpha value is -1.46. The first-order chi connectivity index (χ1) is 11.3. The Balaban J connectivity index is 0.00000576. The number of ether oxygens (including phenoxy) is 2. The fraction of sp³-hybridized carbons (Fsp3) is 0.357. The summed E-state index contributed by atoms with van der Waals surface area (Å²) in [6, 6.07) is 4.95. The van der Waals surface area contributed by atoms with Crippen molar-refractivity contribution in [3.8, 4) is 0 Å². The third kappa shape index (κ3) is 8.45. The quantitative estimate of drug-likeness (QED) is 0.178. The summed E-state index contributed by atoms with van der Waals surface area (Å²) in [4.78, 5) is 22.8. The summed E-state index contributed by atoms with van der Waals surface area (Å²) in [5.41, 5.74) is 2.33. The van der Waals surface area contributed by atoms with E-state index in [0.29, 0.717) is 0 Å². The molecule has 0 aromatic heterocycles. The molecule has 0 fully saturated rings. The summed E-state index contributed by atoms with van der Waals surface area (Å²) < 4.78 is 42.5. The average molecular weight is 380 g/mol. The van der Waals surface area contributed by atoms with Gasteiger partial charge in [-0.05, 0) is 32.0 Å². The van der Waals surface area contributed by atoms with Gasteiger partial charge in [-0.25, -0.2) is 13.2 Å². The Morgan fingerprint density at radius 3 is 2.40 bits per heavy atom. The Kier molecular flexibility index (Phi) is 10.6. The fourth-order valence-electron chi connectivity index (χ4n) is 1.57. The van der Waals surface area contributed by atoms with E-state index in [1.165, 1.54) is 12.1 Å². The number of hydrogen-bond acceptors (Lipinski definition) is 9. The molecule has 1 rings (SSSR count). The number of esters is 2. The number of nitrogens with zero attached hydrogens (tertiary/aromatic N) is 1. The van der Waals surface area contributed by atoms with Gasteiger partial charge in [0.25, 0.3) is 0 Å². The number of rotatable bonds is 8. The van der Waals surface area contributed by atoms with Crippen LogP contribution in [0.2, 0.25) is 0 Å². The zero-order chi connectivity index (χ0) is 18.2. The van der Waals surface area contributed by atoms with E-state index in [2.05, 4.69) is 10.5 Å². The second kappa shape index (κ2) is 11.2. The molecule has 0 heterocycles. The van der Waals surface area contributed by atoms with Crippen LogP contribution in [0.25, 0.3) is 0 Å². The number of hydrazone groups is 1. The third-order valence-electron chi connectivity index (χ3n) is 2.57. The molecule has 1 aromatic carbocycles. The van der Waals surface area contributed by atoms with Gasteiger partial charge in [-0.2, -0.15) is 5.10 Å². The van der Waals surface area contributed by atoms with Gasteiger partial charge in [-0.1, -0.05) is 6.07 Å². The van der Waals surface area contributed by atoms with Crippen molar-refractivity contribution < 1.29 is 61.6 Å². The van der Waals surface area contributed by atoms with Gasteiger partial charge in [0.1, 0.15) is 10.1 Å². The molecule has 0 saturated carbocycles. The van der Waals surface area contributed by atoms with Gasteiger partial charge in [0.05, 0.1) is 30.2 Å². The van der Waals surface area contributed by atoms with E-state index in [0.717, 1.165) is 12.1 Å². The minimum atomic E-state index is -4.62. The van der Waals surface area contributed by atoms with Crippen molar-refractivity contribution in [1.82, 2.24) is 0 Å². The van der Waals surface area contributed by atoms with Crippen molar-refractivity contribution in [3.05, 3.63) is 24.3 Å². The molecule has 25 heavy (non-hydrogen) atoms. The van der Waals surface area contributed by atoms with Gasteiger partial charge in [0.2, 0.25) is 0 Å². The minimum Gasteiger partial charge on any atom is -0.744 e. The largest absolute Gasteiger partial charge is 1.00 e. The monoisotopic (exact) mass is 380 g/mol. The van der Waals surface area contributed by atoms with Crippen molar-refractivity contribution in [2.75, 3.05) is 18.6 Å². The molecule has 0 amide bonds. The smallest absolute Gasteiger partial charge is 0.744 e. The predicted octanol–water partition coefficient (Wildman–Crippen LogP) is -2.12. The van der Waals surface area contributed by atoms with Crippen molar-refractivity contribution in [1.29, 1.82) is 0 Å². The maximum atomic E-state index is 11.8. The van der Waals surface area contributed by atoms with E-state index in [9.17, 15) is 22.6 Å². The van der Waals surface area contributed by atoms with Crippen LogP contribution in [-0.2, 0) is 29.2 Å². The Labute approximate surface area is 167 Å². The molecule has 0 unspecified atom stereocenters. The van der Waals surface area contributed by atoms with Crippen LogP contribution >= 0.6 is 0 Å². The average Bonchev–Trinajstić information content (AvgIpc) is 2.51. The summed E-state index contributed by atoms with van der Waals surface area (Å²) in [5.74, 6) is -1.48. The zero-order valence-electron chi connectivity index (χ0n) is 14.1. The summed E-state index contributed by atoms with van der Waals surface area (Å²) in [5, 5.41) is 3.75. The van der Waals surface area contributed by atoms with Crippen molar-refractivity contribution in [3.63, 3.8) is 0 Å². The van der Waals surface area contributed by atoms with E-state index >= 15 is 0 Å². The van der Waals surface area contributed by atoms with Gasteiger partial charge in [-0.3, -0.25) is 10.2 Å².